The van der Waals surface area contributed by atoms with Gasteiger partial charge in [-0.2, -0.15) is 0 Å². The van der Waals surface area contributed by atoms with Gasteiger partial charge in [0.05, 0.1) is 7.11 Å². The lowest BCUT2D eigenvalue weighted by atomic mass is 9.85. The van der Waals surface area contributed by atoms with E-state index in [-0.39, 0.29) is 11.9 Å². The molecule has 2 aliphatic rings. The lowest BCUT2D eigenvalue weighted by Crippen LogP contribution is -2.52. The average Bonchev–Trinajstić information content (AvgIpc) is 2.90. The van der Waals surface area contributed by atoms with E-state index in [1.807, 2.05) is 0 Å². The van der Waals surface area contributed by atoms with Gasteiger partial charge in [0.1, 0.15) is 5.54 Å². The van der Waals surface area contributed by atoms with Crippen molar-refractivity contribution in [3.8, 4) is 0 Å². The highest BCUT2D eigenvalue weighted by Gasteiger charge is 2.46. The third-order valence-corrected chi connectivity index (χ3v) is 5.11. The van der Waals surface area contributed by atoms with Crippen molar-refractivity contribution in [1.82, 2.24) is 4.90 Å². The van der Waals surface area contributed by atoms with Crippen LogP contribution in [0, 0.1) is 11.8 Å². The Morgan fingerprint density at radius 2 is 2.21 bits per heavy atom. The maximum absolute atomic E-state index is 11.9. The molecule has 2 rings (SSSR count). The monoisotopic (exact) mass is 268 g/mol. The van der Waals surface area contributed by atoms with Crippen LogP contribution in [0.4, 0.5) is 0 Å². The van der Waals surface area contributed by atoms with Crippen molar-refractivity contribution in [2.24, 2.45) is 17.6 Å². The number of likely N-dealkylation sites (tertiary alicyclic amines) is 1. The van der Waals surface area contributed by atoms with E-state index in [1.165, 1.54) is 20.1 Å². The second-order valence-electron chi connectivity index (χ2n) is 6.59. The highest BCUT2D eigenvalue weighted by Crippen LogP contribution is 2.37. The summed E-state index contributed by atoms with van der Waals surface area (Å²) in [5.74, 6) is 0.850. The summed E-state index contributed by atoms with van der Waals surface area (Å²) >= 11 is 0. The summed E-state index contributed by atoms with van der Waals surface area (Å²) in [5, 5.41) is 0. The van der Waals surface area contributed by atoms with E-state index in [2.05, 4.69) is 18.7 Å². The van der Waals surface area contributed by atoms with Crippen LogP contribution in [0.2, 0.25) is 0 Å². The Labute approximate surface area is 116 Å². The van der Waals surface area contributed by atoms with Crippen LogP contribution >= 0.6 is 0 Å². The number of ether oxygens (including phenoxy) is 1. The van der Waals surface area contributed by atoms with Gasteiger partial charge in [0.2, 0.25) is 0 Å². The Morgan fingerprint density at radius 3 is 2.79 bits per heavy atom. The molecule has 0 bridgehead atoms. The topological polar surface area (TPSA) is 55.6 Å². The van der Waals surface area contributed by atoms with Crippen LogP contribution in [0.25, 0.3) is 0 Å². The Kier molecular flexibility index (Phi) is 4.51. The molecular formula is C15H28N2O2. The van der Waals surface area contributed by atoms with E-state index in [0.29, 0.717) is 6.04 Å². The molecule has 0 spiro atoms. The van der Waals surface area contributed by atoms with Crippen molar-refractivity contribution in [1.29, 1.82) is 0 Å². The van der Waals surface area contributed by atoms with E-state index in [9.17, 15) is 4.79 Å². The van der Waals surface area contributed by atoms with Gasteiger partial charge in [0.25, 0.3) is 0 Å². The van der Waals surface area contributed by atoms with Gasteiger partial charge < -0.3 is 15.4 Å². The van der Waals surface area contributed by atoms with Crippen LogP contribution in [0.5, 0.6) is 0 Å². The first-order valence-electron chi connectivity index (χ1n) is 7.58. The molecule has 0 aromatic heterocycles. The largest absolute Gasteiger partial charge is 0.468 e. The summed E-state index contributed by atoms with van der Waals surface area (Å²) in [6.07, 6.45) is 5.18. The quantitative estimate of drug-likeness (QED) is 0.790. The number of hydrogen-bond donors (Lipinski definition) is 1. The van der Waals surface area contributed by atoms with Crippen LogP contribution < -0.4 is 5.73 Å². The standard InChI is InChI=1S/C15H28N2O2/c1-11-9-12(2)17(10-11)8-6-13-5-4-7-15(13,16)14(18)19-3/h11-13H,4-10,16H2,1-3H3. The molecule has 1 aliphatic carbocycles. The molecule has 4 nitrogen and oxygen atoms in total. The molecule has 1 heterocycles. The maximum atomic E-state index is 11.9. The van der Waals surface area contributed by atoms with Crippen LogP contribution in [0.15, 0.2) is 0 Å². The Morgan fingerprint density at radius 1 is 1.47 bits per heavy atom. The molecule has 2 N–H and O–H groups in total. The summed E-state index contributed by atoms with van der Waals surface area (Å²) < 4.78 is 4.90. The summed E-state index contributed by atoms with van der Waals surface area (Å²) in [7, 11) is 1.44. The van der Waals surface area contributed by atoms with Gasteiger partial charge >= 0.3 is 5.97 Å². The van der Waals surface area contributed by atoms with Gasteiger partial charge in [-0.1, -0.05) is 13.3 Å². The van der Waals surface area contributed by atoms with Crippen LogP contribution in [-0.2, 0) is 9.53 Å². The number of rotatable bonds is 4. The summed E-state index contributed by atoms with van der Waals surface area (Å²) in [5.41, 5.74) is 5.58. The number of esters is 1. The molecule has 19 heavy (non-hydrogen) atoms. The van der Waals surface area contributed by atoms with Crippen molar-refractivity contribution < 1.29 is 9.53 Å². The number of nitrogens with zero attached hydrogens (tertiary/aromatic N) is 1. The van der Waals surface area contributed by atoms with Gasteiger partial charge in [0, 0.05) is 12.6 Å². The van der Waals surface area contributed by atoms with Crippen molar-refractivity contribution >= 4 is 5.97 Å². The lowest BCUT2D eigenvalue weighted by Gasteiger charge is -2.30. The molecule has 0 amide bonds. The molecule has 1 saturated carbocycles. The maximum Gasteiger partial charge on any atom is 0.326 e. The Balaban J connectivity index is 1.90. The van der Waals surface area contributed by atoms with E-state index in [1.54, 1.807) is 0 Å². The molecule has 2 fully saturated rings. The number of carbonyl (C=O) groups excluding carboxylic acids is 1. The minimum absolute atomic E-state index is 0.224. The molecule has 0 aromatic carbocycles. The number of hydrogen-bond acceptors (Lipinski definition) is 4. The first-order valence-corrected chi connectivity index (χ1v) is 7.58. The lowest BCUT2D eigenvalue weighted by molar-refractivity contribution is -0.148. The van der Waals surface area contributed by atoms with E-state index < -0.39 is 5.54 Å². The second-order valence-corrected chi connectivity index (χ2v) is 6.59. The minimum atomic E-state index is -0.733. The van der Waals surface area contributed by atoms with Gasteiger partial charge in [-0.15, -0.1) is 0 Å². The predicted molar refractivity (Wildman–Crippen MR) is 75.7 cm³/mol. The molecule has 4 atom stereocenters. The normalized spacial score (nSPS) is 39.7. The molecule has 1 saturated heterocycles. The Hall–Kier alpha value is -0.610. The molecule has 1 aliphatic heterocycles. The number of methoxy groups -OCH3 is 1. The third-order valence-electron chi connectivity index (χ3n) is 5.11. The molecule has 110 valence electrons. The van der Waals surface area contributed by atoms with E-state index in [0.717, 1.165) is 38.1 Å². The van der Waals surface area contributed by atoms with Crippen molar-refractivity contribution in [2.45, 2.75) is 57.5 Å². The van der Waals surface area contributed by atoms with Crippen molar-refractivity contribution in [2.75, 3.05) is 20.2 Å². The summed E-state index contributed by atoms with van der Waals surface area (Å²) in [6, 6.07) is 0.668. The van der Waals surface area contributed by atoms with Crippen LogP contribution in [0.1, 0.15) is 46.0 Å². The molecular weight excluding hydrogens is 240 g/mol. The highest BCUT2D eigenvalue weighted by atomic mass is 16.5. The first-order chi connectivity index (χ1) is 8.97. The molecule has 4 unspecified atom stereocenters. The molecule has 4 heteroatoms. The van der Waals surface area contributed by atoms with Crippen LogP contribution in [-0.4, -0.2) is 42.6 Å². The Bertz CT molecular complexity index is 334. The zero-order valence-electron chi connectivity index (χ0n) is 12.5. The summed E-state index contributed by atoms with van der Waals surface area (Å²) in [6.45, 7) is 6.86. The number of carbonyl (C=O) groups is 1. The fourth-order valence-corrected chi connectivity index (χ4v) is 3.98. The molecule has 0 aromatic rings. The zero-order valence-corrected chi connectivity index (χ0v) is 12.5. The van der Waals surface area contributed by atoms with Crippen LogP contribution in [0.3, 0.4) is 0 Å². The SMILES string of the molecule is COC(=O)C1(N)CCCC1CCN1CC(C)CC1C. The molecule has 0 radical (unpaired) electrons. The smallest absolute Gasteiger partial charge is 0.326 e. The average molecular weight is 268 g/mol. The number of nitrogens with two attached hydrogens (primary N) is 1. The minimum Gasteiger partial charge on any atom is -0.468 e. The van der Waals surface area contributed by atoms with Gasteiger partial charge in [-0.05, 0) is 51.0 Å². The fourth-order valence-electron chi connectivity index (χ4n) is 3.98. The predicted octanol–water partition coefficient (Wildman–Crippen LogP) is 1.78. The zero-order chi connectivity index (χ0) is 14.0. The van der Waals surface area contributed by atoms with Gasteiger partial charge in [-0.25, -0.2) is 0 Å². The highest BCUT2D eigenvalue weighted by molar-refractivity contribution is 5.81. The van der Waals surface area contributed by atoms with Gasteiger partial charge in [-0.3, -0.25) is 4.79 Å². The third kappa shape index (κ3) is 2.95. The van der Waals surface area contributed by atoms with Crippen molar-refractivity contribution in [3.05, 3.63) is 0 Å². The summed E-state index contributed by atoms with van der Waals surface area (Å²) in [4.78, 5) is 14.4. The second kappa shape index (κ2) is 5.80. The van der Waals surface area contributed by atoms with E-state index >= 15 is 0 Å². The van der Waals surface area contributed by atoms with E-state index in [4.69, 9.17) is 10.5 Å². The van der Waals surface area contributed by atoms with Crippen molar-refractivity contribution in [3.63, 3.8) is 0 Å². The van der Waals surface area contributed by atoms with Gasteiger partial charge in [0.15, 0.2) is 0 Å². The fraction of sp³-hybridized carbons (Fsp3) is 0.933. The first kappa shape index (κ1) is 14.8.